The van der Waals surface area contributed by atoms with Crippen molar-refractivity contribution in [1.29, 1.82) is 0 Å². The molecule has 4 aromatic rings. The Hall–Kier alpha value is -3.49. The maximum absolute atomic E-state index is 12.7. The molecule has 0 radical (unpaired) electrons. The Balaban J connectivity index is 1.33. The van der Waals surface area contributed by atoms with Crippen LogP contribution in [0.5, 0.6) is 0 Å². The summed E-state index contributed by atoms with van der Waals surface area (Å²) in [5, 5.41) is 7.50. The van der Waals surface area contributed by atoms with Crippen LogP contribution in [-0.4, -0.2) is 52.8 Å². The maximum Gasteiger partial charge on any atom is 0.251 e. The van der Waals surface area contributed by atoms with Gasteiger partial charge >= 0.3 is 0 Å². The number of pyridine rings is 3. The minimum Gasteiger partial charge on any atom is -0.354 e. The summed E-state index contributed by atoms with van der Waals surface area (Å²) < 4.78 is 0. The van der Waals surface area contributed by atoms with Gasteiger partial charge in [0.25, 0.3) is 5.91 Å². The Labute approximate surface area is 222 Å². The summed E-state index contributed by atoms with van der Waals surface area (Å²) in [4.78, 5) is 30.5. The van der Waals surface area contributed by atoms with E-state index in [9.17, 15) is 4.79 Å². The van der Waals surface area contributed by atoms with E-state index >= 15 is 0 Å². The molecule has 1 fully saturated rings. The SMILES string of the molecule is CCC1CN(c2cccc(-c3ccc4cnc(CNC(=O)c5ccc(C)c(SC)c5)cc4n3)n2)CCN1. The molecule has 37 heavy (non-hydrogen) atoms. The first kappa shape index (κ1) is 25.2. The third-order valence-electron chi connectivity index (χ3n) is 6.80. The number of piperazine rings is 1. The monoisotopic (exact) mass is 512 g/mol. The first-order chi connectivity index (χ1) is 18.0. The number of carbonyl (C=O) groups excluding carboxylic acids is 1. The van der Waals surface area contributed by atoms with Gasteiger partial charge in [-0.25, -0.2) is 9.97 Å². The van der Waals surface area contributed by atoms with Gasteiger partial charge in [0.15, 0.2) is 0 Å². The second-order valence-electron chi connectivity index (χ2n) is 9.32. The van der Waals surface area contributed by atoms with E-state index in [0.29, 0.717) is 18.2 Å². The van der Waals surface area contributed by atoms with Gasteiger partial charge in [-0.15, -0.1) is 11.8 Å². The molecule has 1 atom stereocenters. The number of carbonyl (C=O) groups is 1. The molecule has 2 N–H and O–H groups in total. The summed E-state index contributed by atoms with van der Waals surface area (Å²) in [6.45, 7) is 7.46. The lowest BCUT2D eigenvalue weighted by molar-refractivity contribution is 0.0950. The Bertz CT molecular complexity index is 1420. The Morgan fingerprint density at radius 3 is 2.84 bits per heavy atom. The second-order valence-corrected chi connectivity index (χ2v) is 10.2. The molecule has 190 valence electrons. The highest BCUT2D eigenvalue weighted by atomic mass is 32.2. The van der Waals surface area contributed by atoms with E-state index in [-0.39, 0.29) is 5.91 Å². The number of benzene rings is 1. The van der Waals surface area contributed by atoms with Crippen molar-refractivity contribution in [3.8, 4) is 11.4 Å². The highest BCUT2D eigenvalue weighted by molar-refractivity contribution is 7.98. The van der Waals surface area contributed by atoms with Gasteiger partial charge in [0.1, 0.15) is 5.82 Å². The zero-order valence-electron chi connectivity index (χ0n) is 21.5. The number of fused-ring (bicyclic) bond motifs is 1. The standard InChI is InChI=1S/C29H32N6OS/c1-4-22-18-35(13-12-30-22)28-7-5-6-24(34-28)25-11-10-21-16-31-23(15-26(21)33-25)17-32-29(36)20-9-8-19(2)27(14-20)37-3/h5-11,14-16,22,30H,4,12-13,17-18H2,1-3H3,(H,32,36). The number of rotatable bonds is 7. The summed E-state index contributed by atoms with van der Waals surface area (Å²) in [5.41, 5.74) is 5.08. The number of hydrogen-bond acceptors (Lipinski definition) is 7. The van der Waals surface area contributed by atoms with Gasteiger partial charge in [0, 0.05) is 47.7 Å². The topological polar surface area (TPSA) is 83.0 Å². The first-order valence-electron chi connectivity index (χ1n) is 12.7. The summed E-state index contributed by atoms with van der Waals surface area (Å²) in [7, 11) is 0. The molecule has 0 bridgehead atoms. The zero-order valence-corrected chi connectivity index (χ0v) is 22.3. The van der Waals surface area contributed by atoms with Gasteiger partial charge in [-0.05, 0) is 67.6 Å². The largest absolute Gasteiger partial charge is 0.354 e. The van der Waals surface area contributed by atoms with Crippen molar-refractivity contribution in [3.63, 3.8) is 0 Å². The van der Waals surface area contributed by atoms with E-state index in [1.807, 2.05) is 61.7 Å². The molecule has 1 unspecified atom stereocenters. The number of nitrogens with one attached hydrogen (secondary N) is 2. The average Bonchev–Trinajstić information content (AvgIpc) is 2.95. The molecule has 1 amide bonds. The number of hydrogen-bond donors (Lipinski definition) is 2. The van der Waals surface area contributed by atoms with Crippen molar-refractivity contribution in [2.75, 3.05) is 30.8 Å². The minimum atomic E-state index is -0.113. The summed E-state index contributed by atoms with van der Waals surface area (Å²) >= 11 is 1.64. The molecule has 5 rings (SSSR count). The van der Waals surface area contributed by atoms with Crippen molar-refractivity contribution in [2.24, 2.45) is 0 Å². The number of amides is 1. The van der Waals surface area contributed by atoms with Gasteiger partial charge in [-0.1, -0.05) is 19.1 Å². The van der Waals surface area contributed by atoms with Crippen LogP contribution in [0.4, 0.5) is 5.82 Å². The molecule has 1 saturated heterocycles. The first-order valence-corrected chi connectivity index (χ1v) is 13.9. The van der Waals surface area contributed by atoms with Crippen molar-refractivity contribution in [2.45, 2.75) is 37.8 Å². The van der Waals surface area contributed by atoms with Crippen LogP contribution in [0.3, 0.4) is 0 Å². The van der Waals surface area contributed by atoms with Gasteiger partial charge in [-0.3, -0.25) is 9.78 Å². The molecule has 0 aliphatic carbocycles. The van der Waals surface area contributed by atoms with Crippen LogP contribution in [0.25, 0.3) is 22.3 Å². The molecule has 1 aromatic carbocycles. The van der Waals surface area contributed by atoms with Gasteiger partial charge < -0.3 is 15.5 Å². The van der Waals surface area contributed by atoms with Crippen molar-refractivity contribution in [1.82, 2.24) is 25.6 Å². The number of aromatic nitrogens is 3. The van der Waals surface area contributed by atoms with Crippen LogP contribution >= 0.6 is 11.8 Å². The van der Waals surface area contributed by atoms with Gasteiger partial charge in [0.2, 0.25) is 0 Å². The number of aryl methyl sites for hydroxylation is 1. The Morgan fingerprint density at radius 1 is 1.14 bits per heavy atom. The summed E-state index contributed by atoms with van der Waals surface area (Å²) in [5.74, 6) is 0.872. The van der Waals surface area contributed by atoms with Gasteiger partial charge in [-0.2, -0.15) is 0 Å². The molecule has 1 aliphatic heterocycles. The van der Waals surface area contributed by atoms with Crippen LogP contribution < -0.4 is 15.5 Å². The minimum absolute atomic E-state index is 0.113. The van der Waals surface area contributed by atoms with E-state index in [2.05, 4.69) is 33.5 Å². The lowest BCUT2D eigenvalue weighted by Crippen LogP contribution is -2.50. The van der Waals surface area contributed by atoms with Crippen LogP contribution in [0, 0.1) is 6.92 Å². The van der Waals surface area contributed by atoms with E-state index in [1.54, 1.807) is 18.0 Å². The van der Waals surface area contributed by atoms with Crippen LogP contribution in [0.1, 0.15) is 35.0 Å². The predicted octanol–water partition coefficient (Wildman–Crippen LogP) is 4.84. The highest BCUT2D eigenvalue weighted by Gasteiger charge is 2.19. The molecular weight excluding hydrogens is 480 g/mol. The van der Waals surface area contributed by atoms with E-state index in [4.69, 9.17) is 9.97 Å². The molecule has 7 nitrogen and oxygen atoms in total. The predicted molar refractivity (Wildman–Crippen MR) is 151 cm³/mol. The second kappa shape index (κ2) is 11.3. The molecular formula is C29H32N6OS. The van der Waals surface area contributed by atoms with Crippen LogP contribution in [0.2, 0.25) is 0 Å². The van der Waals surface area contributed by atoms with Crippen molar-refractivity contribution in [3.05, 3.63) is 77.6 Å². The van der Waals surface area contributed by atoms with E-state index in [1.165, 1.54) is 5.56 Å². The molecule has 0 saturated carbocycles. The maximum atomic E-state index is 12.7. The molecule has 4 heterocycles. The molecule has 8 heteroatoms. The fourth-order valence-corrected chi connectivity index (χ4v) is 5.22. The molecule has 0 spiro atoms. The van der Waals surface area contributed by atoms with Crippen molar-refractivity contribution >= 4 is 34.4 Å². The fraction of sp³-hybridized carbons (Fsp3) is 0.310. The fourth-order valence-electron chi connectivity index (χ4n) is 4.58. The quantitative estimate of drug-likeness (QED) is 0.343. The summed E-state index contributed by atoms with van der Waals surface area (Å²) in [6, 6.07) is 18.3. The lowest BCUT2D eigenvalue weighted by Gasteiger charge is -2.34. The smallest absolute Gasteiger partial charge is 0.251 e. The average molecular weight is 513 g/mol. The Kier molecular flexibility index (Phi) is 7.67. The summed E-state index contributed by atoms with van der Waals surface area (Å²) in [6.07, 6.45) is 4.92. The molecule has 3 aromatic heterocycles. The highest BCUT2D eigenvalue weighted by Crippen LogP contribution is 2.24. The van der Waals surface area contributed by atoms with Crippen LogP contribution in [-0.2, 0) is 6.54 Å². The number of nitrogens with zero attached hydrogens (tertiary/aromatic N) is 4. The zero-order chi connectivity index (χ0) is 25.8. The van der Waals surface area contributed by atoms with E-state index in [0.717, 1.165) is 64.8 Å². The number of anilines is 1. The number of thioether (sulfide) groups is 1. The van der Waals surface area contributed by atoms with E-state index < -0.39 is 0 Å². The van der Waals surface area contributed by atoms with Crippen molar-refractivity contribution < 1.29 is 4.79 Å². The third kappa shape index (κ3) is 5.76. The van der Waals surface area contributed by atoms with Crippen LogP contribution in [0.15, 0.2) is 65.7 Å². The Morgan fingerprint density at radius 2 is 2.00 bits per heavy atom. The lowest BCUT2D eigenvalue weighted by atomic mass is 10.1. The third-order valence-corrected chi connectivity index (χ3v) is 7.68. The van der Waals surface area contributed by atoms with Gasteiger partial charge in [0.05, 0.1) is 29.1 Å². The normalized spacial score (nSPS) is 15.6. The molecule has 1 aliphatic rings.